The lowest BCUT2D eigenvalue weighted by molar-refractivity contribution is 0.0955. The van der Waals surface area contributed by atoms with Gasteiger partial charge in [-0.3, -0.25) is 4.79 Å². The Morgan fingerprint density at radius 3 is 2.38 bits per heavy atom. The second-order valence-electron chi connectivity index (χ2n) is 7.15. The van der Waals surface area contributed by atoms with Crippen LogP contribution in [0.4, 0.5) is 0 Å². The maximum atomic E-state index is 12.3. The van der Waals surface area contributed by atoms with Crippen LogP contribution in [0.3, 0.4) is 0 Å². The number of fused-ring (bicyclic) bond motifs is 1. The molecule has 0 saturated carbocycles. The van der Waals surface area contributed by atoms with Crippen LogP contribution in [-0.2, 0) is 6.54 Å². The van der Waals surface area contributed by atoms with Gasteiger partial charge in [-0.1, -0.05) is 66.2 Å². The number of aryl methyl sites for hydroxylation is 1. The van der Waals surface area contributed by atoms with Crippen molar-refractivity contribution in [3.8, 4) is 0 Å². The van der Waals surface area contributed by atoms with E-state index in [4.69, 9.17) is 0 Å². The SMILES string of the molecule is Cc1ccc(C(=O)N/N=C/c2c(C)n(Cc3ccccc3)c3ccccc23)cc1. The molecule has 0 aliphatic carbocycles. The molecule has 4 aromatic rings. The molecular weight excluding hydrogens is 358 g/mol. The first-order chi connectivity index (χ1) is 14.1. The zero-order valence-corrected chi connectivity index (χ0v) is 16.6. The third-order valence-corrected chi connectivity index (χ3v) is 5.14. The second kappa shape index (κ2) is 8.15. The standard InChI is InChI=1S/C25H23N3O/c1-18-12-14-21(15-13-18)25(29)27-26-16-23-19(2)28(17-20-8-4-3-5-9-20)24-11-7-6-10-22(23)24/h3-16H,17H2,1-2H3,(H,27,29)/b26-16+. The lowest BCUT2D eigenvalue weighted by Crippen LogP contribution is -2.17. The Balaban J connectivity index is 1.62. The maximum absolute atomic E-state index is 12.3. The first-order valence-corrected chi connectivity index (χ1v) is 9.65. The van der Waals surface area contributed by atoms with Crippen molar-refractivity contribution in [1.29, 1.82) is 0 Å². The molecule has 1 amide bonds. The number of aromatic nitrogens is 1. The van der Waals surface area contributed by atoms with E-state index in [0.29, 0.717) is 5.56 Å². The molecule has 0 radical (unpaired) electrons. The van der Waals surface area contributed by atoms with Gasteiger partial charge >= 0.3 is 0 Å². The van der Waals surface area contributed by atoms with Crippen LogP contribution in [0.2, 0.25) is 0 Å². The molecular formula is C25H23N3O. The highest BCUT2D eigenvalue weighted by atomic mass is 16.2. The number of nitrogens with zero attached hydrogens (tertiary/aromatic N) is 2. The Hall–Kier alpha value is -3.66. The van der Waals surface area contributed by atoms with Crippen LogP contribution in [-0.4, -0.2) is 16.7 Å². The summed E-state index contributed by atoms with van der Waals surface area (Å²) in [6, 6.07) is 26.1. The van der Waals surface area contributed by atoms with E-state index < -0.39 is 0 Å². The van der Waals surface area contributed by atoms with E-state index in [-0.39, 0.29) is 5.91 Å². The van der Waals surface area contributed by atoms with Crippen molar-refractivity contribution in [2.45, 2.75) is 20.4 Å². The monoisotopic (exact) mass is 381 g/mol. The van der Waals surface area contributed by atoms with Gasteiger partial charge in [0, 0.05) is 34.3 Å². The molecule has 1 N–H and O–H groups in total. The average molecular weight is 381 g/mol. The summed E-state index contributed by atoms with van der Waals surface area (Å²) >= 11 is 0. The van der Waals surface area contributed by atoms with Crippen LogP contribution in [0.5, 0.6) is 0 Å². The largest absolute Gasteiger partial charge is 0.340 e. The van der Waals surface area contributed by atoms with Crippen LogP contribution in [0.15, 0.2) is 84.0 Å². The summed E-state index contributed by atoms with van der Waals surface area (Å²) in [6.07, 6.45) is 1.74. The highest BCUT2D eigenvalue weighted by Crippen LogP contribution is 2.25. The lowest BCUT2D eigenvalue weighted by Gasteiger charge is -2.08. The van der Waals surface area contributed by atoms with Gasteiger partial charge in [-0.25, -0.2) is 5.43 Å². The molecule has 0 atom stereocenters. The third-order valence-electron chi connectivity index (χ3n) is 5.14. The van der Waals surface area contributed by atoms with Crippen LogP contribution in [0, 0.1) is 13.8 Å². The van der Waals surface area contributed by atoms with Gasteiger partial charge in [-0.05, 0) is 37.6 Å². The summed E-state index contributed by atoms with van der Waals surface area (Å²) in [5.74, 6) is -0.216. The molecule has 144 valence electrons. The van der Waals surface area contributed by atoms with Crippen molar-refractivity contribution in [3.63, 3.8) is 0 Å². The molecule has 0 saturated heterocycles. The van der Waals surface area contributed by atoms with E-state index in [0.717, 1.165) is 34.3 Å². The molecule has 1 heterocycles. The Morgan fingerprint density at radius 1 is 0.931 bits per heavy atom. The van der Waals surface area contributed by atoms with Crippen LogP contribution >= 0.6 is 0 Å². The summed E-state index contributed by atoms with van der Waals surface area (Å²) in [5.41, 5.74) is 8.87. The number of rotatable bonds is 5. The van der Waals surface area contributed by atoms with Gasteiger partial charge in [-0.2, -0.15) is 5.10 Å². The number of hydrazone groups is 1. The molecule has 0 aliphatic heterocycles. The Bertz CT molecular complexity index is 1170. The summed E-state index contributed by atoms with van der Waals surface area (Å²) in [7, 11) is 0. The fourth-order valence-electron chi connectivity index (χ4n) is 3.52. The normalized spacial score (nSPS) is 11.2. The molecule has 0 spiro atoms. The van der Waals surface area contributed by atoms with Gasteiger partial charge < -0.3 is 4.57 Å². The number of carbonyl (C=O) groups excluding carboxylic acids is 1. The molecule has 4 nitrogen and oxygen atoms in total. The van der Waals surface area contributed by atoms with E-state index in [9.17, 15) is 4.79 Å². The molecule has 0 aliphatic rings. The molecule has 29 heavy (non-hydrogen) atoms. The van der Waals surface area contributed by atoms with Crippen LogP contribution in [0.25, 0.3) is 10.9 Å². The van der Waals surface area contributed by atoms with Crippen molar-refractivity contribution >= 4 is 23.0 Å². The Labute approximate surface area is 170 Å². The number of carbonyl (C=O) groups is 1. The second-order valence-corrected chi connectivity index (χ2v) is 7.15. The molecule has 0 fully saturated rings. The molecule has 4 rings (SSSR count). The Kier molecular flexibility index (Phi) is 5.25. The number of benzene rings is 3. The first-order valence-electron chi connectivity index (χ1n) is 9.65. The fraction of sp³-hybridized carbons (Fsp3) is 0.120. The van der Waals surface area contributed by atoms with Gasteiger partial charge in [0.1, 0.15) is 0 Å². The van der Waals surface area contributed by atoms with Crippen molar-refractivity contribution in [2.24, 2.45) is 5.10 Å². The number of hydrogen-bond donors (Lipinski definition) is 1. The maximum Gasteiger partial charge on any atom is 0.271 e. The van der Waals surface area contributed by atoms with Gasteiger partial charge in [0.25, 0.3) is 5.91 Å². The minimum atomic E-state index is -0.216. The molecule has 4 heteroatoms. The first kappa shape index (κ1) is 18.7. The van der Waals surface area contributed by atoms with Crippen molar-refractivity contribution in [2.75, 3.05) is 0 Å². The minimum absolute atomic E-state index is 0.216. The van der Waals surface area contributed by atoms with Crippen LogP contribution < -0.4 is 5.43 Å². The number of para-hydroxylation sites is 1. The summed E-state index contributed by atoms with van der Waals surface area (Å²) in [4.78, 5) is 12.3. The number of amides is 1. The highest BCUT2D eigenvalue weighted by molar-refractivity contribution is 6.02. The summed E-state index contributed by atoms with van der Waals surface area (Å²) < 4.78 is 2.29. The van der Waals surface area contributed by atoms with E-state index in [1.165, 1.54) is 5.56 Å². The van der Waals surface area contributed by atoms with Gasteiger partial charge in [0.05, 0.1) is 6.21 Å². The quantitative estimate of drug-likeness (QED) is 0.381. The summed E-state index contributed by atoms with van der Waals surface area (Å²) in [5, 5.41) is 5.35. The fourth-order valence-corrected chi connectivity index (χ4v) is 3.52. The van der Waals surface area contributed by atoms with E-state index in [2.05, 4.69) is 58.4 Å². The zero-order chi connectivity index (χ0) is 20.2. The highest BCUT2D eigenvalue weighted by Gasteiger charge is 2.13. The van der Waals surface area contributed by atoms with Crippen LogP contribution in [0.1, 0.15) is 32.7 Å². The zero-order valence-electron chi connectivity index (χ0n) is 16.6. The van der Waals surface area contributed by atoms with E-state index >= 15 is 0 Å². The van der Waals surface area contributed by atoms with E-state index in [1.54, 1.807) is 18.3 Å². The predicted octanol–water partition coefficient (Wildman–Crippen LogP) is 5.07. The van der Waals surface area contributed by atoms with E-state index in [1.807, 2.05) is 37.3 Å². The number of nitrogens with one attached hydrogen (secondary N) is 1. The van der Waals surface area contributed by atoms with Gasteiger partial charge in [0.15, 0.2) is 0 Å². The molecule has 0 unspecified atom stereocenters. The average Bonchev–Trinajstić information content (AvgIpc) is 3.01. The van der Waals surface area contributed by atoms with Crippen molar-refractivity contribution in [1.82, 2.24) is 9.99 Å². The molecule has 1 aromatic heterocycles. The van der Waals surface area contributed by atoms with Crippen molar-refractivity contribution in [3.05, 3.63) is 107 Å². The molecule has 0 bridgehead atoms. The summed E-state index contributed by atoms with van der Waals surface area (Å²) in [6.45, 7) is 4.87. The van der Waals surface area contributed by atoms with Gasteiger partial charge in [-0.15, -0.1) is 0 Å². The number of hydrogen-bond acceptors (Lipinski definition) is 2. The minimum Gasteiger partial charge on any atom is -0.340 e. The Morgan fingerprint density at radius 2 is 1.62 bits per heavy atom. The topological polar surface area (TPSA) is 46.4 Å². The molecule has 3 aromatic carbocycles. The smallest absolute Gasteiger partial charge is 0.271 e. The predicted molar refractivity (Wildman–Crippen MR) is 118 cm³/mol. The third kappa shape index (κ3) is 3.97. The lowest BCUT2D eigenvalue weighted by atomic mass is 10.1. The van der Waals surface area contributed by atoms with Crippen molar-refractivity contribution < 1.29 is 4.79 Å². The van der Waals surface area contributed by atoms with Gasteiger partial charge in [0.2, 0.25) is 0 Å².